The fourth-order valence-electron chi connectivity index (χ4n) is 1.78. The van der Waals surface area contributed by atoms with E-state index in [1.54, 1.807) is 49.4 Å². The van der Waals surface area contributed by atoms with Gasteiger partial charge in [-0.25, -0.2) is 0 Å². The fourth-order valence-corrected chi connectivity index (χ4v) is 2.11. The first-order valence-corrected chi connectivity index (χ1v) is 7.41. The second-order valence-corrected chi connectivity index (χ2v) is 5.40. The van der Waals surface area contributed by atoms with Crippen molar-refractivity contribution in [3.8, 4) is 0 Å². The van der Waals surface area contributed by atoms with E-state index < -0.39 is 0 Å². The largest absolute Gasteiger partial charge is 0.326 e. The van der Waals surface area contributed by atoms with E-state index in [-0.39, 0.29) is 11.8 Å². The molecule has 0 aliphatic rings. The zero-order valence-corrected chi connectivity index (χ0v) is 13.3. The minimum atomic E-state index is -0.336. The number of nitrogens with one attached hydrogen (secondary N) is 2. The molecule has 0 aliphatic heterocycles. The van der Waals surface area contributed by atoms with Crippen LogP contribution in [0.4, 0.5) is 11.4 Å². The molecule has 0 radical (unpaired) electrons. The van der Waals surface area contributed by atoms with Gasteiger partial charge in [-0.2, -0.15) is 0 Å². The quantitative estimate of drug-likeness (QED) is 0.857. The smallest absolute Gasteiger partial charge is 0.255 e. The van der Waals surface area contributed by atoms with Crippen molar-refractivity contribution in [2.24, 2.45) is 0 Å². The van der Waals surface area contributed by atoms with Crippen LogP contribution in [0.2, 0.25) is 10.0 Å². The maximum Gasteiger partial charge on any atom is 0.255 e. The van der Waals surface area contributed by atoms with Gasteiger partial charge in [-0.1, -0.05) is 36.2 Å². The Balaban J connectivity index is 2.17. The van der Waals surface area contributed by atoms with Gasteiger partial charge in [0.05, 0.1) is 10.7 Å². The summed E-state index contributed by atoms with van der Waals surface area (Å²) in [5, 5.41) is 6.27. The third-order valence-corrected chi connectivity index (χ3v) is 3.47. The monoisotopic (exact) mass is 336 g/mol. The van der Waals surface area contributed by atoms with Crippen molar-refractivity contribution in [2.45, 2.75) is 13.3 Å². The van der Waals surface area contributed by atoms with Gasteiger partial charge in [0.25, 0.3) is 5.91 Å². The molecule has 2 aromatic rings. The molecular formula is C16H14Cl2N2O2. The number of anilines is 2. The third kappa shape index (κ3) is 4.23. The number of benzene rings is 2. The number of halogens is 2. The molecule has 2 amide bonds. The molecule has 0 atom stereocenters. The average Bonchev–Trinajstić information content (AvgIpc) is 2.51. The highest BCUT2D eigenvalue weighted by Crippen LogP contribution is 2.26. The van der Waals surface area contributed by atoms with Gasteiger partial charge in [0.1, 0.15) is 0 Å². The molecule has 2 aromatic carbocycles. The standard InChI is InChI=1S/C16H14Cl2N2O2/c1-2-15(21)19-12-5-3-4-10(8-12)16(22)20-14-9-11(17)6-7-13(14)18/h3-9H,2H2,1H3,(H,19,21)(H,20,22). The molecule has 4 nitrogen and oxygen atoms in total. The van der Waals surface area contributed by atoms with Gasteiger partial charge >= 0.3 is 0 Å². The normalized spacial score (nSPS) is 10.1. The fraction of sp³-hybridized carbons (Fsp3) is 0.125. The van der Waals surface area contributed by atoms with Crippen molar-refractivity contribution < 1.29 is 9.59 Å². The molecule has 6 heteroatoms. The molecule has 0 fully saturated rings. The average molecular weight is 337 g/mol. The molecule has 2 rings (SSSR count). The van der Waals surface area contributed by atoms with Gasteiger partial charge in [0.2, 0.25) is 5.91 Å². The molecule has 0 spiro atoms. The molecule has 0 saturated heterocycles. The van der Waals surface area contributed by atoms with Crippen LogP contribution in [-0.2, 0) is 4.79 Å². The van der Waals surface area contributed by atoms with Gasteiger partial charge in [-0.15, -0.1) is 0 Å². The molecule has 0 saturated carbocycles. The lowest BCUT2D eigenvalue weighted by Crippen LogP contribution is -2.14. The maximum absolute atomic E-state index is 12.3. The Bertz CT molecular complexity index is 717. The lowest BCUT2D eigenvalue weighted by atomic mass is 10.1. The Hall–Kier alpha value is -2.04. The van der Waals surface area contributed by atoms with Crippen molar-refractivity contribution in [3.63, 3.8) is 0 Å². The first-order chi connectivity index (χ1) is 10.5. The van der Waals surface area contributed by atoms with E-state index in [0.717, 1.165) is 0 Å². The van der Waals surface area contributed by atoms with E-state index in [4.69, 9.17) is 23.2 Å². The summed E-state index contributed by atoms with van der Waals surface area (Å²) in [6, 6.07) is 11.5. The Labute approximate surface area is 138 Å². The van der Waals surface area contributed by atoms with Gasteiger partial charge < -0.3 is 10.6 Å². The molecule has 0 aromatic heterocycles. The lowest BCUT2D eigenvalue weighted by molar-refractivity contribution is -0.115. The van der Waals surface area contributed by atoms with Crippen molar-refractivity contribution in [1.82, 2.24) is 0 Å². The molecule has 2 N–H and O–H groups in total. The van der Waals surface area contributed by atoms with Gasteiger partial charge in [-0.05, 0) is 36.4 Å². The molecule has 0 heterocycles. The summed E-state index contributed by atoms with van der Waals surface area (Å²) in [4.78, 5) is 23.7. The van der Waals surface area contributed by atoms with E-state index in [0.29, 0.717) is 33.4 Å². The van der Waals surface area contributed by atoms with Crippen LogP contribution in [0.1, 0.15) is 23.7 Å². The zero-order valence-electron chi connectivity index (χ0n) is 11.8. The van der Waals surface area contributed by atoms with Crippen LogP contribution in [-0.4, -0.2) is 11.8 Å². The van der Waals surface area contributed by atoms with Gasteiger partial charge in [0.15, 0.2) is 0 Å². The zero-order chi connectivity index (χ0) is 16.1. The summed E-state index contributed by atoms with van der Waals surface area (Å²) in [5.74, 6) is -0.452. The predicted octanol–water partition coefficient (Wildman–Crippen LogP) is 4.59. The SMILES string of the molecule is CCC(=O)Nc1cccc(C(=O)Nc2cc(Cl)ccc2Cl)c1. The van der Waals surface area contributed by atoms with Crippen molar-refractivity contribution in [1.29, 1.82) is 0 Å². The van der Waals surface area contributed by atoms with Crippen LogP contribution in [0, 0.1) is 0 Å². The number of carbonyl (C=O) groups is 2. The van der Waals surface area contributed by atoms with Crippen LogP contribution in [0.3, 0.4) is 0 Å². The van der Waals surface area contributed by atoms with Gasteiger partial charge in [-0.3, -0.25) is 9.59 Å². The lowest BCUT2D eigenvalue weighted by Gasteiger charge is -2.09. The number of hydrogen-bond donors (Lipinski definition) is 2. The summed E-state index contributed by atoms with van der Waals surface area (Å²) < 4.78 is 0. The molecule has 22 heavy (non-hydrogen) atoms. The van der Waals surface area contributed by atoms with E-state index in [2.05, 4.69) is 10.6 Å². The molecule has 0 aliphatic carbocycles. The maximum atomic E-state index is 12.3. The number of rotatable bonds is 4. The summed E-state index contributed by atoms with van der Waals surface area (Å²) >= 11 is 11.9. The second kappa shape index (κ2) is 7.29. The van der Waals surface area contributed by atoms with Gasteiger partial charge in [0, 0.05) is 22.7 Å². The summed E-state index contributed by atoms with van der Waals surface area (Å²) in [5.41, 5.74) is 1.41. The number of hydrogen-bond acceptors (Lipinski definition) is 2. The Morgan fingerprint density at radius 2 is 1.82 bits per heavy atom. The van der Waals surface area contributed by atoms with Crippen LogP contribution in [0.25, 0.3) is 0 Å². The second-order valence-electron chi connectivity index (χ2n) is 4.56. The van der Waals surface area contributed by atoms with Crippen molar-refractivity contribution in [2.75, 3.05) is 10.6 Å². The molecule has 0 unspecified atom stereocenters. The molecular weight excluding hydrogens is 323 g/mol. The number of carbonyl (C=O) groups excluding carboxylic acids is 2. The Morgan fingerprint density at radius 3 is 2.55 bits per heavy atom. The van der Waals surface area contributed by atoms with Crippen LogP contribution < -0.4 is 10.6 Å². The predicted molar refractivity (Wildman–Crippen MR) is 89.8 cm³/mol. The first-order valence-electron chi connectivity index (χ1n) is 6.66. The van der Waals surface area contributed by atoms with E-state index in [9.17, 15) is 9.59 Å². The van der Waals surface area contributed by atoms with E-state index in [1.165, 1.54) is 0 Å². The highest BCUT2D eigenvalue weighted by Gasteiger charge is 2.10. The van der Waals surface area contributed by atoms with E-state index >= 15 is 0 Å². The third-order valence-electron chi connectivity index (χ3n) is 2.91. The number of amides is 2. The summed E-state index contributed by atoms with van der Waals surface area (Å²) in [6.07, 6.45) is 0.370. The van der Waals surface area contributed by atoms with Crippen LogP contribution in [0.15, 0.2) is 42.5 Å². The van der Waals surface area contributed by atoms with Crippen molar-refractivity contribution in [3.05, 3.63) is 58.1 Å². The highest BCUT2D eigenvalue weighted by molar-refractivity contribution is 6.35. The topological polar surface area (TPSA) is 58.2 Å². The van der Waals surface area contributed by atoms with E-state index in [1.807, 2.05) is 0 Å². The Morgan fingerprint density at radius 1 is 1.05 bits per heavy atom. The minimum absolute atomic E-state index is 0.115. The minimum Gasteiger partial charge on any atom is -0.326 e. The summed E-state index contributed by atoms with van der Waals surface area (Å²) in [6.45, 7) is 1.76. The van der Waals surface area contributed by atoms with Crippen LogP contribution in [0.5, 0.6) is 0 Å². The molecule has 114 valence electrons. The molecule has 0 bridgehead atoms. The summed E-state index contributed by atoms with van der Waals surface area (Å²) in [7, 11) is 0. The first kappa shape index (κ1) is 16.3. The van der Waals surface area contributed by atoms with Crippen LogP contribution >= 0.6 is 23.2 Å². The Kier molecular flexibility index (Phi) is 5.41. The van der Waals surface area contributed by atoms with Crippen molar-refractivity contribution >= 4 is 46.4 Å². The highest BCUT2D eigenvalue weighted by atomic mass is 35.5.